The van der Waals surface area contributed by atoms with E-state index in [-0.39, 0.29) is 18.6 Å². The first-order chi connectivity index (χ1) is 11.2. The van der Waals surface area contributed by atoms with Gasteiger partial charge in [0.2, 0.25) is 0 Å². The molecule has 1 amide bonds. The molecule has 122 valence electrons. The van der Waals surface area contributed by atoms with E-state index >= 15 is 0 Å². The van der Waals surface area contributed by atoms with Crippen molar-refractivity contribution in [1.29, 1.82) is 0 Å². The Morgan fingerprint density at radius 1 is 1.30 bits per heavy atom. The molecular formula is C18H22N2O3. The van der Waals surface area contributed by atoms with Crippen LogP contribution in [0.25, 0.3) is 0 Å². The molecule has 0 saturated carbocycles. The molecule has 0 fully saturated rings. The number of aliphatic hydroxyl groups is 1. The van der Waals surface area contributed by atoms with Crippen molar-refractivity contribution in [3.8, 4) is 5.75 Å². The summed E-state index contributed by atoms with van der Waals surface area (Å²) in [5, 5.41) is 9.21. The SMILES string of the molecule is COc1ccnc(C(=O)N(Cc2ccccc2)C(C)CCO)c1. The van der Waals surface area contributed by atoms with Crippen molar-refractivity contribution in [2.75, 3.05) is 13.7 Å². The Hall–Kier alpha value is -2.40. The molecule has 0 aliphatic carbocycles. The van der Waals surface area contributed by atoms with E-state index in [0.29, 0.717) is 24.4 Å². The second kappa shape index (κ2) is 8.29. The standard InChI is InChI=1S/C18H22N2O3/c1-14(9-11-21)20(13-15-6-4-3-5-7-15)18(22)17-12-16(23-2)8-10-19-17/h3-8,10,12,14,21H,9,11,13H2,1-2H3. The van der Waals surface area contributed by atoms with Gasteiger partial charge in [0.05, 0.1) is 7.11 Å². The Bertz CT molecular complexity index is 631. The number of pyridine rings is 1. The van der Waals surface area contributed by atoms with E-state index in [2.05, 4.69) is 4.98 Å². The lowest BCUT2D eigenvalue weighted by molar-refractivity contribution is 0.0642. The third-order valence-electron chi connectivity index (χ3n) is 3.72. The normalized spacial score (nSPS) is 11.8. The fourth-order valence-electron chi connectivity index (χ4n) is 2.35. The lowest BCUT2D eigenvalue weighted by Crippen LogP contribution is -2.39. The van der Waals surface area contributed by atoms with Crippen LogP contribution in [0.4, 0.5) is 0 Å². The van der Waals surface area contributed by atoms with E-state index in [9.17, 15) is 9.90 Å². The summed E-state index contributed by atoms with van der Waals surface area (Å²) in [4.78, 5) is 18.7. The van der Waals surface area contributed by atoms with Crippen LogP contribution in [-0.4, -0.2) is 40.7 Å². The van der Waals surface area contributed by atoms with Gasteiger partial charge in [0.15, 0.2) is 0 Å². The quantitative estimate of drug-likeness (QED) is 0.853. The van der Waals surface area contributed by atoms with Gasteiger partial charge in [0.25, 0.3) is 5.91 Å². The minimum Gasteiger partial charge on any atom is -0.497 e. The predicted molar refractivity (Wildman–Crippen MR) is 88.3 cm³/mol. The summed E-state index contributed by atoms with van der Waals surface area (Å²) in [7, 11) is 1.56. The van der Waals surface area contributed by atoms with E-state index in [0.717, 1.165) is 5.56 Å². The second-order valence-corrected chi connectivity index (χ2v) is 5.36. The number of hydrogen-bond donors (Lipinski definition) is 1. The van der Waals surface area contributed by atoms with Crippen LogP contribution in [0, 0.1) is 0 Å². The highest BCUT2D eigenvalue weighted by Gasteiger charge is 2.23. The fraction of sp³-hybridized carbons (Fsp3) is 0.333. The molecule has 0 aliphatic rings. The summed E-state index contributed by atoms with van der Waals surface area (Å²) >= 11 is 0. The third-order valence-corrected chi connectivity index (χ3v) is 3.72. The van der Waals surface area contributed by atoms with E-state index < -0.39 is 0 Å². The van der Waals surface area contributed by atoms with Gasteiger partial charge in [-0.05, 0) is 25.0 Å². The summed E-state index contributed by atoms with van der Waals surface area (Å²) in [6.45, 7) is 2.43. The first kappa shape index (κ1) is 17.0. The van der Waals surface area contributed by atoms with Crippen molar-refractivity contribution >= 4 is 5.91 Å². The molecule has 1 N–H and O–H groups in total. The van der Waals surface area contributed by atoms with Crippen LogP contribution in [-0.2, 0) is 6.54 Å². The van der Waals surface area contributed by atoms with Crippen LogP contribution in [0.5, 0.6) is 5.75 Å². The molecule has 1 unspecified atom stereocenters. The largest absolute Gasteiger partial charge is 0.497 e. The lowest BCUT2D eigenvalue weighted by Gasteiger charge is -2.29. The smallest absolute Gasteiger partial charge is 0.273 e. The Morgan fingerprint density at radius 3 is 2.70 bits per heavy atom. The topological polar surface area (TPSA) is 62.7 Å². The molecule has 0 aliphatic heterocycles. The number of carbonyl (C=O) groups is 1. The molecule has 5 nitrogen and oxygen atoms in total. The minimum absolute atomic E-state index is 0.0330. The average Bonchev–Trinajstić information content (AvgIpc) is 2.60. The van der Waals surface area contributed by atoms with Gasteiger partial charge in [-0.3, -0.25) is 9.78 Å². The maximum Gasteiger partial charge on any atom is 0.273 e. The highest BCUT2D eigenvalue weighted by atomic mass is 16.5. The zero-order chi connectivity index (χ0) is 16.7. The highest BCUT2D eigenvalue weighted by molar-refractivity contribution is 5.92. The number of rotatable bonds is 7. The number of carbonyl (C=O) groups excluding carboxylic acids is 1. The van der Waals surface area contributed by atoms with E-state index in [1.807, 2.05) is 37.3 Å². The molecule has 1 heterocycles. The Morgan fingerprint density at radius 2 is 2.04 bits per heavy atom. The number of hydrogen-bond acceptors (Lipinski definition) is 4. The highest BCUT2D eigenvalue weighted by Crippen LogP contribution is 2.17. The number of ether oxygens (including phenoxy) is 1. The average molecular weight is 314 g/mol. The van der Waals surface area contributed by atoms with Gasteiger partial charge in [0.1, 0.15) is 11.4 Å². The van der Waals surface area contributed by atoms with E-state index in [1.165, 1.54) is 0 Å². The van der Waals surface area contributed by atoms with Gasteiger partial charge < -0.3 is 14.7 Å². The second-order valence-electron chi connectivity index (χ2n) is 5.36. The van der Waals surface area contributed by atoms with Crippen LogP contribution < -0.4 is 4.74 Å². The first-order valence-electron chi connectivity index (χ1n) is 7.61. The van der Waals surface area contributed by atoms with Crippen molar-refractivity contribution < 1.29 is 14.6 Å². The molecule has 5 heteroatoms. The molecule has 1 atom stereocenters. The maximum absolute atomic E-state index is 12.9. The number of aromatic nitrogens is 1. The van der Waals surface area contributed by atoms with Gasteiger partial charge in [-0.2, -0.15) is 0 Å². The van der Waals surface area contributed by atoms with Gasteiger partial charge in [-0.1, -0.05) is 30.3 Å². The molecule has 0 bridgehead atoms. The van der Waals surface area contributed by atoms with E-state index in [1.54, 1.807) is 30.3 Å². The zero-order valence-electron chi connectivity index (χ0n) is 13.5. The number of methoxy groups -OCH3 is 1. The molecule has 0 saturated heterocycles. The third kappa shape index (κ3) is 4.53. The summed E-state index contributed by atoms with van der Waals surface area (Å²) in [5.74, 6) is 0.423. The van der Waals surface area contributed by atoms with Crippen LogP contribution in [0.3, 0.4) is 0 Å². The Labute approximate surface area is 136 Å². The summed E-state index contributed by atoms with van der Waals surface area (Å²) < 4.78 is 5.16. The van der Waals surface area contributed by atoms with Crippen LogP contribution in [0.15, 0.2) is 48.7 Å². The van der Waals surface area contributed by atoms with Crippen molar-refractivity contribution in [2.45, 2.75) is 25.9 Å². The Balaban J connectivity index is 2.26. The molecule has 0 spiro atoms. The summed E-state index contributed by atoms with van der Waals surface area (Å²) in [6, 6.07) is 13.0. The molecule has 23 heavy (non-hydrogen) atoms. The molecule has 0 radical (unpaired) electrons. The lowest BCUT2D eigenvalue weighted by atomic mass is 10.1. The minimum atomic E-state index is -0.172. The van der Waals surface area contributed by atoms with Crippen molar-refractivity contribution in [3.63, 3.8) is 0 Å². The van der Waals surface area contributed by atoms with Gasteiger partial charge in [0, 0.05) is 31.5 Å². The first-order valence-corrected chi connectivity index (χ1v) is 7.61. The summed E-state index contributed by atoms with van der Waals surface area (Å²) in [5.41, 5.74) is 1.37. The number of aliphatic hydroxyl groups excluding tert-OH is 1. The molecular weight excluding hydrogens is 292 g/mol. The van der Waals surface area contributed by atoms with Crippen molar-refractivity contribution in [2.24, 2.45) is 0 Å². The Kier molecular flexibility index (Phi) is 6.11. The molecule has 1 aromatic heterocycles. The maximum atomic E-state index is 12.9. The van der Waals surface area contributed by atoms with Gasteiger partial charge in [-0.15, -0.1) is 0 Å². The fourth-order valence-corrected chi connectivity index (χ4v) is 2.35. The molecule has 2 aromatic rings. The number of nitrogens with zero attached hydrogens (tertiary/aromatic N) is 2. The molecule has 1 aromatic carbocycles. The van der Waals surface area contributed by atoms with Crippen molar-refractivity contribution in [1.82, 2.24) is 9.88 Å². The monoisotopic (exact) mass is 314 g/mol. The van der Waals surface area contributed by atoms with Crippen molar-refractivity contribution in [3.05, 3.63) is 59.9 Å². The van der Waals surface area contributed by atoms with Gasteiger partial charge >= 0.3 is 0 Å². The summed E-state index contributed by atoms with van der Waals surface area (Å²) in [6.07, 6.45) is 2.08. The van der Waals surface area contributed by atoms with Gasteiger partial charge in [-0.25, -0.2) is 0 Å². The number of amides is 1. The number of benzene rings is 1. The predicted octanol–water partition coefficient (Wildman–Crippen LogP) is 2.50. The van der Waals surface area contributed by atoms with Crippen LogP contribution >= 0.6 is 0 Å². The van der Waals surface area contributed by atoms with Crippen LogP contribution in [0.2, 0.25) is 0 Å². The zero-order valence-corrected chi connectivity index (χ0v) is 13.5. The molecule has 2 rings (SSSR count). The van der Waals surface area contributed by atoms with Crippen LogP contribution in [0.1, 0.15) is 29.4 Å². The van der Waals surface area contributed by atoms with E-state index in [4.69, 9.17) is 4.74 Å².